The van der Waals surface area contributed by atoms with Gasteiger partial charge in [0.1, 0.15) is 17.5 Å². The quantitative estimate of drug-likeness (QED) is 0.872. The Bertz CT molecular complexity index is 714. The number of benzene rings is 1. The molecule has 0 bridgehead atoms. The number of nitrogens with one attached hydrogen (secondary N) is 1. The number of hydrogen-bond acceptors (Lipinski definition) is 4. The van der Waals surface area contributed by atoms with E-state index in [1.165, 1.54) is 12.0 Å². The molecule has 4 nitrogen and oxygen atoms in total. The van der Waals surface area contributed by atoms with Crippen LogP contribution in [0.25, 0.3) is 0 Å². The number of hydrogen-bond donors (Lipinski definition) is 2. The summed E-state index contributed by atoms with van der Waals surface area (Å²) in [7, 11) is 0. The van der Waals surface area contributed by atoms with E-state index in [1.54, 1.807) is 6.20 Å². The van der Waals surface area contributed by atoms with Crippen molar-refractivity contribution in [3.05, 3.63) is 52.1 Å². The van der Waals surface area contributed by atoms with Gasteiger partial charge in [0.15, 0.2) is 0 Å². The molecule has 5 heteroatoms. The van der Waals surface area contributed by atoms with Crippen LogP contribution in [0.5, 0.6) is 0 Å². The third-order valence-corrected chi connectivity index (χ3v) is 5.01. The van der Waals surface area contributed by atoms with Gasteiger partial charge in [0.25, 0.3) is 0 Å². The molecule has 1 aromatic carbocycles. The first-order chi connectivity index (χ1) is 10.6. The normalized spacial score (nSPS) is 15.6. The number of nitrogens with zero attached hydrogens (tertiary/aromatic N) is 2. The maximum atomic E-state index is 9.23. The number of halogens is 1. The van der Waals surface area contributed by atoms with Crippen LogP contribution in [0.1, 0.15) is 30.4 Å². The largest absolute Gasteiger partial charge is 0.383 e. The van der Waals surface area contributed by atoms with E-state index in [1.807, 2.05) is 6.07 Å². The van der Waals surface area contributed by atoms with E-state index >= 15 is 0 Å². The lowest BCUT2D eigenvalue weighted by molar-refractivity contribution is 0.260. The molecule has 1 fully saturated rings. The van der Waals surface area contributed by atoms with Crippen molar-refractivity contribution in [2.75, 3.05) is 17.6 Å². The number of nitrogens with two attached hydrogens (primary N) is 1. The first-order valence-corrected chi connectivity index (χ1v) is 8.08. The third-order valence-electron chi connectivity index (χ3n) is 4.48. The summed E-state index contributed by atoms with van der Waals surface area (Å²) in [4.78, 5) is 3.97. The molecule has 3 N–H and O–H groups in total. The molecule has 1 aliphatic rings. The molecule has 22 heavy (non-hydrogen) atoms. The molecule has 1 heterocycles. The van der Waals surface area contributed by atoms with E-state index in [9.17, 15) is 5.26 Å². The number of anilines is 2. The van der Waals surface area contributed by atoms with Crippen LogP contribution < -0.4 is 11.1 Å². The zero-order valence-electron chi connectivity index (χ0n) is 12.1. The Morgan fingerprint density at radius 2 is 2.00 bits per heavy atom. The average molecular weight is 357 g/mol. The Balaban J connectivity index is 1.81. The molecule has 0 aliphatic heterocycles. The molecule has 3 rings (SSSR count). The van der Waals surface area contributed by atoms with Crippen LogP contribution in [-0.2, 0) is 5.41 Å². The number of nitrogen functional groups attached to an aromatic ring is 1. The van der Waals surface area contributed by atoms with E-state index in [0.29, 0.717) is 5.56 Å². The van der Waals surface area contributed by atoms with Gasteiger partial charge in [0.05, 0.1) is 5.69 Å². The van der Waals surface area contributed by atoms with Gasteiger partial charge in [-0.25, -0.2) is 4.98 Å². The second kappa shape index (κ2) is 5.98. The topological polar surface area (TPSA) is 74.7 Å². The van der Waals surface area contributed by atoms with Crippen LogP contribution in [0.2, 0.25) is 0 Å². The maximum absolute atomic E-state index is 9.23. The van der Waals surface area contributed by atoms with E-state index in [0.717, 1.165) is 29.5 Å². The molecule has 0 unspecified atom stereocenters. The van der Waals surface area contributed by atoms with Gasteiger partial charge in [-0.05, 0) is 36.6 Å². The van der Waals surface area contributed by atoms with Crippen molar-refractivity contribution in [3.8, 4) is 6.07 Å². The number of nitriles is 1. The van der Waals surface area contributed by atoms with Crippen molar-refractivity contribution in [3.63, 3.8) is 0 Å². The fourth-order valence-electron chi connectivity index (χ4n) is 2.98. The zero-order valence-corrected chi connectivity index (χ0v) is 13.7. The lowest BCUT2D eigenvalue weighted by Gasteiger charge is -2.43. The highest BCUT2D eigenvalue weighted by Gasteiger charge is 2.38. The standard InChI is InChI=1S/C17H17BrN4/c18-13-4-2-12(3-5-13)17(7-1-8-17)11-22-15-6-9-21-16(20)14(15)10-19/h2-6,9H,1,7-8,11H2,(H3,20,21,22). The predicted molar refractivity (Wildman–Crippen MR) is 91.5 cm³/mol. The van der Waals surface area contributed by atoms with Crippen molar-refractivity contribution < 1.29 is 0 Å². The average Bonchev–Trinajstić information content (AvgIpc) is 2.48. The molecule has 0 spiro atoms. The van der Waals surface area contributed by atoms with Crippen LogP contribution in [-0.4, -0.2) is 11.5 Å². The van der Waals surface area contributed by atoms with Gasteiger partial charge < -0.3 is 11.1 Å². The smallest absolute Gasteiger partial charge is 0.143 e. The molecule has 2 aromatic rings. The van der Waals surface area contributed by atoms with E-state index in [-0.39, 0.29) is 11.2 Å². The monoisotopic (exact) mass is 356 g/mol. The Morgan fingerprint density at radius 1 is 1.27 bits per heavy atom. The molecular weight excluding hydrogens is 340 g/mol. The highest BCUT2D eigenvalue weighted by molar-refractivity contribution is 9.10. The summed E-state index contributed by atoms with van der Waals surface area (Å²) in [5, 5.41) is 12.6. The van der Waals surface area contributed by atoms with Gasteiger partial charge in [0, 0.05) is 22.6 Å². The second-order valence-electron chi connectivity index (χ2n) is 5.72. The zero-order chi connectivity index (χ0) is 15.6. The van der Waals surface area contributed by atoms with Crippen molar-refractivity contribution in [2.24, 2.45) is 0 Å². The third kappa shape index (κ3) is 2.67. The summed E-state index contributed by atoms with van der Waals surface area (Å²) in [6.45, 7) is 0.798. The minimum atomic E-state index is 0.144. The van der Waals surface area contributed by atoms with Crippen LogP contribution >= 0.6 is 15.9 Å². The van der Waals surface area contributed by atoms with Crippen molar-refractivity contribution in [2.45, 2.75) is 24.7 Å². The van der Waals surface area contributed by atoms with Gasteiger partial charge in [0.2, 0.25) is 0 Å². The molecule has 1 aromatic heterocycles. The van der Waals surface area contributed by atoms with E-state index in [2.05, 4.69) is 56.6 Å². The number of aromatic nitrogens is 1. The van der Waals surface area contributed by atoms with Gasteiger partial charge in [-0.15, -0.1) is 0 Å². The Hall–Kier alpha value is -2.06. The van der Waals surface area contributed by atoms with Crippen LogP contribution in [0.3, 0.4) is 0 Å². The van der Waals surface area contributed by atoms with E-state index < -0.39 is 0 Å². The van der Waals surface area contributed by atoms with E-state index in [4.69, 9.17) is 5.73 Å². The Kier molecular flexibility index (Phi) is 4.04. The minimum absolute atomic E-state index is 0.144. The predicted octanol–water partition coefficient (Wildman–Crippen LogP) is 3.83. The minimum Gasteiger partial charge on any atom is -0.383 e. The highest BCUT2D eigenvalue weighted by atomic mass is 79.9. The van der Waals surface area contributed by atoms with Crippen LogP contribution in [0.4, 0.5) is 11.5 Å². The first kappa shape index (κ1) is 14.9. The summed E-state index contributed by atoms with van der Waals surface area (Å²) >= 11 is 3.48. The maximum Gasteiger partial charge on any atom is 0.143 e. The SMILES string of the molecule is N#Cc1c(NCC2(c3ccc(Br)cc3)CCC2)ccnc1N. The summed E-state index contributed by atoms with van der Waals surface area (Å²) < 4.78 is 1.09. The Labute approximate surface area is 138 Å². The molecule has 1 aliphatic carbocycles. The summed E-state index contributed by atoms with van der Waals surface area (Å²) in [6, 6.07) is 12.5. The van der Waals surface area contributed by atoms with Crippen LogP contribution in [0.15, 0.2) is 41.0 Å². The molecule has 0 atom stereocenters. The summed E-state index contributed by atoms with van der Waals surface area (Å²) in [5.41, 5.74) is 8.44. The lowest BCUT2D eigenvalue weighted by atomic mass is 9.64. The van der Waals surface area contributed by atoms with Crippen molar-refractivity contribution >= 4 is 27.4 Å². The molecule has 0 amide bonds. The van der Waals surface area contributed by atoms with Crippen molar-refractivity contribution in [1.82, 2.24) is 4.98 Å². The van der Waals surface area contributed by atoms with Gasteiger partial charge in [-0.2, -0.15) is 5.26 Å². The Morgan fingerprint density at radius 3 is 2.59 bits per heavy atom. The summed E-state index contributed by atoms with van der Waals surface area (Å²) in [5.74, 6) is 0.277. The second-order valence-corrected chi connectivity index (χ2v) is 6.64. The van der Waals surface area contributed by atoms with Gasteiger partial charge in [-0.1, -0.05) is 34.5 Å². The molecule has 1 saturated carbocycles. The number of pyridine rings is 1. The molecular formula is C17H17BrN4. The number of rotatable bonds is 4. The fraction of sp³-hybridized carbons (Fsp3) is 0.294. The van der Waals surface area contributed by atoms with Crippen molar-refractivity contribution in [1.29, 1.82) is 5.26 Å². The fourth-order valence-corrected chi connectivity index (χ4v) is 3.25. The lowest BCUT2D eigenvalue weighted by Crippen LogP contribution is -2.41. The molecule has 0 radical (unpaired) electrons. The molecule has 112 valence electrons. The van der Waals surface area contributed by atoms with Gasteiger partial charge in [-0.3, -0.25) is 0 Å². The highest BCUT2D eigenvalue weighted by Crippen LogP contribution is 2.44. The first-order valence-electron chi connectivity index (χ1n) is 7.29. The van der Waals surface area contributed by atoms with Crippen LogP contribution in [0, 0.1) is 11.3 Å². The molecule has 0 saturated heterocycles. The van der Waals surface area contributed by atoms with Gasteiger partial charge >= 0.3 is 0 Å². The summed E-state index contributed by atoms with van der Waals surface area (Å²) in [6.07, 6.45) is 5.18.